The van der Waals surface area contributed by atoms with Crippen LogP contribution in [0.25, 0.3) is 0 Å². The number of ether oxygens (including phenoxy) is 3. The topological polar surface area (TPSA) is 117 Å². The van der Waals surface area contributed by atoms with Gasteiger partial charge in [0.25, 0.3) is 11.6 Å². The van der Waals surface area contributed by atoms with E-state index in [4.69, 9.17) is 14.2 Å². The van der Waals surface area contributed by atoms with Crippen LogP contribution in [0.4, 0.5) is 11.4 Å². The number of methoxy groups -OCH3 is 1. The van der Waals surface area contributed by atoms with Crippen LogP contribution < -0.4 is 14.8 Å². The van der Waals surface area contributed by atoms with Gasteiger partial charge in [-0.1, -0.05) is 22.0 Å². The Morgan fingerprint density at radius 3 is 2.63 bits per heavy atom. The van der Waals surface area contributed by atoms with Crippen molar-refractivity contribution in [1.29, 1.82) is 0 Å². The van der Waals surface area contributed by atoms with Crippen LogP contribution in [0.2, 0.25) is 0 Å². The molecule has 1 N–H and O–H groups in total. The second kappa shape index (κ2) is 9.53. The largest absolute Gasteiger partial charge is 0.495 e. The van der Waals surface area contributed by atoms with Gasteiger partial charge in [0.1, 0.15) is 11.5 Å². The fraction of sp³-hybridized carbons (Fsp3) is 0.176. The van der Waals surface area contributed by atoms with E-state index in [1.807, 2.05) is 0 Å². The number of hydrogen-bond acceptors (Lipinski definition) is 7. The van der Waals surface area contributed by atoms with E-state index < -0.39 is 23.4 Å². The summed E-state index contributed by atoms with van der Waals surface area (Å²) in [5.41, 5.74) is -0.122. The van der Waals surface area contributed by atoms with Crippen LogP contribution in [0.3, 0.4) is 0 Å². The molecule has 0 spiro atoms. The Balaban J connectivity index is 1.86. The summed E-state index contributed by atoms with van der Waals surface area (Å²) >= 11 is 3.27. The van der Waals surface area contributed by atoms with Gasteiger partial charge in [-0.15, -0.1) is 0 Å². The van der Waals surface area contributed by atoms with Crippen LogP contribution in [0, 0.1) is 10.1 Å². The van der Waals surface area contributed by atoms with Gasteiger partial charge in [-0.2, -0.15) is 0 Å². The molecule has 0 radical (unpaired) electrons. The molecule has 1 amide bonds. The standard InChI is InChI=1S/C17H15BrN2O7/c1-25-15-6-5-12(20(23)24)8-14(15)19-16(21)9-27-17(22)10-26-13-4-2-3-11(18)7-13/h2-8H,9-10H2,1H3,(H,19,21). The van der Waals surface area contributed by atoms with Crippen molar-refractivity contribution < 1.29 is 28.7 Å². The van der Waals surface area contributed by atoms with Gasteiger partial charge >= 0.3 is 5.97 Å². The fourth-order valence-corrected chi connectivity index (χ4v) is 2.36. The molecule has 0 bridgehead atoms. The lowest BCUT2D eigenvalue weighted by Crippen LogP contribution is -2.23. The highest BCUT2D eigenvalue weighted by atomic mass is 79.9. The first-order valence-corrected chi connectivity index (χ1v) is 8.34. The third-order valence-corrected chi connectivity index (χ3v) is 3.68. The first-order valence-electron chi connectivity index (χ1n) is 7.55. The van der Waals surface area contributed by atoms with Crippen molar-refractivity contribution >= 4 is 39.2 Å². The van der Waals surface area contributed by atoms with Crippen molar-refractivity contribution in [2.24, 2.45) is 0 Å². The second-order valence-electron chi connectivity index (χ2n) is 5.10. The molecule has 10 heteroatoms. The molecule has 0 fully saturated rings. The highest BCUT2D eigenvalue weighted by molar-refractivity contribution is 9.10. The van der Waals surface area contributed by atoms with Crippen molar-refractivity contribution in [3.63, 3.8) is 0 Å². The number of amides is 1. The van der Waals surface area contributed by atoms with Gasteiger partial charge in [-0.3, -0.25) is 14.9 Å². The number of nitro benzene ring substituents is 1. The summed E-state index contributed by atoms with van der Waals surface area (Å²) in [5, 5.41) is 13.2. The first kappa shape index (κ1) is 20.2. The summed E-state index contributed by atoms with van der Waals surface area (Å²) in [5.74, 6) is -0.717. The maximum absolute atomic E-state index is 11.9. The summed E-state index contributed by atoms with van der Waals surface area (Å²) < 4.78 is 15.9. The fourth-order valence-electron chi connectivity index (χ4n) is 1.98. The molecule has 2 aromatic rings. The molecule has 0 aliphatic rings. The van der Waals surface area contributed by atoms with E-state index in [1.165, 1.54) is 19.2 Å². The van der Waals surface area contributed by atoms with Crippen LogP contribution in [0.15, 0.2) is 46.9 Å². The Labute approximate surface area is 162 Å². The van der Waals surface area contributed by atoms with E-state index in [0.29, 0.717) is 5.75 Å². The van der Waals surface area contributed by atoms with E-state index in [-0.39, 0.29) is 23.7 Å². The van der Waals surface area contributed by atoms with Crippen molar-refractivity contribution in [3.8, 4) is 11.5 Å². The number of carbonyl (C=O) groups excluding carboxylic acids is 2. The molecule has 2 rings (SSSR count). The van der Waals surface area contributed by atoms with Gasteiger partial charge in [0.2, 0.25) is 0 Å². The zero-order valence-corrected chi connectivity index (χ0v) is 15.7. The van der Waals surface area contributed by atoms with Gasteiger partial charge in [0, 0.05) is 16.6 Å². The third kappa shape index (κ3) is 6.26. The molecule has 0 aromatic heterocycles. The van der Waals surface area contributed by atoms with E-state index in [1.54, 1.807) is 24.3 Å². The summed E-state index contributed by atoms with van der Waals surface area (Å²) in [6, 6.07) is 10.6. The van der Waals surface area contributed by atoms with Gasteiger partial charge in [-0.05, 0) is 24.3 Å². The number of hydrogen-bond donors (Lipinski definition) is 1. The third-order valence-electron chi connectivity index (χ3n) is 3.18. The number of benzene rings is 2. The van der Waals surface area contributed by atoms with E-state index >= 15 is 0 Å². The highest BCUT2D eigenvalue weighted by Crippen LogP contribution is 2.28. The number of carbonyl (C=O) groups is 2. The molecule has 142 valence electrons. The summed E-state index contributed by atoms with van der Waals surface area (Å²) in [6.07, 6.45) is 0. The summed E-state index contributed by atoms with van der Waals surface area (Å²) in [7, 11) is 1.36. The molecule has 0 atom stereocenters. The molecule has 2 aromatic carbocycles. The predicted octanol–water partition coefficient (Wildman–Crippen LogP) is 2.93. The molecule has 0 unspecified atom stereocenters. The van der Waals surface area contributed by atoms with E-state index in [0.717, 1.165) is 10.5 Å². The second-order valence-corrected chi connectivity index (χ2v) is 6.01. The Morgan fingerprint density at radius 2 is 1.96 bits per heavy atom. The molecule has 0 saturated heterocycles. The zero-order valence-electron chi connectivity index (χ0n) is 14.1. The van der Waals surface area contributed by atoms with E-state index in [9.17, 15) is 19.7 Å². The van der Waals surface area contributed by atoms with Gasteiger partial charge in [0.05, 0.1) is 17.7 Å². The van der Waals surface area contributed by atoms with Crippen LogP contribution in [0.5, 0.6) is 11.5 Å². The zero-order chi connectivity index (χ0) is 19.8. The van der Waals surface area contributed by atoms with Crippen molar-refractivity contribution in [2.45, 2.75) is 0 Å². The lowest BCUT2D eigenvalue weighted by molar-refractivity contribution is -0.384. The van der Waals surface area contributed by atoms with Crippen molar-refractivity contribution in [1.82, 2.24) is 0 Å². The molecule has 9 nitrogen and oxygen atoms in total. The normalized spacial score (nSPS) is 10.0. The average molecular weight is 439 g/mol. The Kier molecular flexibility index (Phi) is 7.12. The minimum atomic E-state index is -0.740. The molecule has 0 saturated carbocycles. The lowest BCUT2D eigenvalue weighted by atomic mass is 10.2. The number of nitrogens with one attached hydrogen (secondary N) is 1. The minimum Gasteiger partial charge on any atom is -0.495 e. The number of halogens is 1. The molecule has 0 aliphatic heterocycles. The number of nitrogens with zero attached hydrogens (tertiary/aromatic N) is 1. The van der Waals surface area contributed by atoms with Crippen molar-refractivity contribution in [2.75, 3.05) is 25.6 Å². The molecule has 27 heavy (non-hydrogen) atoms. The summed E-state index contributed by atoms with van der Waals surface area (Å²) in [6.45, 7) is -0.948. The van der Waals surface area contributed by atoms with E-state index in [2.05, 4.69) is 21.2 Å². The maximum Gasteiger partial charge on any atom is 0.344 e. The molecular weight excluding hydrogens is 424 g/mol. The SMILES string of the molecule is COc1ccc([N+](=O)[O-])cc1NC(=O)COC(=O)COc1cccc(Br)c1. The van der Waals surface area contributed by atoms with Crippen LogP contribution in [-0.2, 0) is 14.3 Å². The number of anilines is 1. The first-order chi connectivity index (χ1) is 12.9. The Morgan fingerprint density at radius 1 is 1.19 bits per heavy atom. The number of nitro groups is 1. The Hall–Kier alpha value is -3.14. The van der Waals surface area contributed by atoms with Gasteiger partial charge < -0.3 is 19.5 Å². The van der Waals surface area contributed by atoms with Crippen LogP contribution in [-0.4, -0.2) is 37.1 Å². The maximum atomic E-state index is 11.9. The van der Waals surface area contributed by atoms with Gasteiger partial charge in [-0.25, -0.2) is 4.79 Å². The summed E-state index contributed by atoms with van der Waals surface area (Å²) in [4.78, 5) is 33.8. The molecule has 0 heterocycles. The predicted molar refractivity (Wildman–Crippen MR) is 98.9 cm³/mol. The monoisotopic (exact) mass is 438 g/mol. The lowest BCUT2D eigenvalue weighted by Gasteiger charge is -2.10. The van der Waals surface area contributed by atoms with Crippen LogP contribution >= 0.6 is 15.9 Å². The molecular formula is C17H15BrN2O7. The Bertz CT molecular complexity index is 857. The van der Waals surface area contributed by atoms with Gasteiger partial charge in [0.15, 0.2) is 13.2 Å². The average Bonchev–Trinajstić information content (AvgIpc) is 2.64. The smallest absolute Gasteiger partial charge is 0.344 e. The number of rotatable bonds is 8. The highest BCUT2D eigenvalue weighted by Gasteiger charge is 2.15. The molecule has 0 aliphatic carbocycles. The van der Waals surface area contributed by atoms with Crippen molar-refractivity contribution in [3.05, 3.63) is 57.1 Å². The van der Waals surface area contributed by atoms with Crippen LogP contribution in [0.1, 0.15) is 0 Å². The quantitative estimate of drug-likeness (QED) is 0.382. The number of esters is 1. The number of non-ortho nitro benzene ring substituents is 1. The minimum absolute atomic E-state index is 0.0955.